The Morgan fingerprint density at radius 1 is 1.31 bits per heavy atom. The van der Waals surface area contributed by atoms with Crippen LogP contribution in [-0.4, -0.2) is 44.5 Å². The number of nitrogens with one attached hydrogen (secondary N) is 1. The Hall–Kier alpha value is -2.48. The minimum Gasteiger partial charge on any atom is -0.338 e. The van der Waals surface area contributed by atoms with Crippen LogP contribution in [0, 0.1) is 5.41 Å². The highest BCUT2D eigenvalue weighted by atomic mass is 16.2. The predicted molar refractivity (Wildman–Crippen MR) is 111 cm³/mol. The number of piperidine rings is 1. The third-order valence-corrected chi connectivity index (χ3v) is 6.24. The summed E-state index contributed by atoms with van der Waals surface area (Å²) in [6.07, 6.45) is 3.46. The van der Waals surface area contributed by atoms with Crippen molar-refractivity contribution in [1.29, 1.82) is 0 Å². The molecule has 8 heteroatoms. The number of likely N-dealkylation sites (tertiary alicyclic amines) is 1. The molecule has 0 radical (unpaired) electrons. The molecule has 0 bridgehead atoms. The first-order valence-corrected chi connectivity index (χ1v) is 10.5. The molecule has 2 aliphatic rings. The van der Waals surface area contributed by atoms with Gasteiger partial charge in [-0.1, -0.05) is 20.8 Å². The van der Waals surface area contributed by atoms with Crippen molar-refractivity contribution in [1.82, 2.24) is 19.4 Å². The lowest BCUT2D eigenvalue weighted by Crippen LogP contribution is -2.54. The number of carbonyl (C=O) groups is 1. The van der Waals surface area contributed by atoms with Crippen LogP contribution in [0.2, 0.25) is 0 Å². The number of aryl methyl sites for hydroxylation is 1. The number of H-pyrrole nitrogens is 1. The number of carbonyl (C=O) groups excluding carboxylic acids is 1. The van der Waals surface area contributed by atoms with Gasteiger partial charge in [0.2, 0.25) is 0 Å². The van der Waals surface area contributed by atoms with Gasteiger partial charge in [-0.25, -0.2) is 9.78 Å². The molecule has 1 saturated heterocycles. The monoisotopic (exact) mass is 399 g/mol. The van der Waals surface area contributed by atoms with Gasteiger partial charge in [0.15, 0.2) is 5.65 Å². The smallest absolute Gasteiger partial charge is 0.329 e. The second kappa shape index (κ2) is 7.09. The molecule has 2 aromatic heterocycles. The number of aromatic amines is 1. The van der Waals surface area contributed by atoms with Gasteiger partial charge in [-0.05, 0) is 37.2 Å². The van der Waals surface area contributed by atoms with E-state index in [-0.39, 0.29) is 22.8 Å². The van der Waals surface area contributed by atoms with Gasteiger partial charge in [0.05, 0.1) is 10.9 Å². The van der Waals surface area contributed by atoms with Crippen molar-refractivity contribution in [2.75, 3.05) is 13.1 Å². The lowest BCUT2D eigenvalue weighted by Gasteiger charge is -2.42. The molecular formula is C21H29N5O3. The van der Waals surface area contributed by atoms with Crippen LogP contribution in [0.25, 0.3) is 11.0 Å². The van der Waals surface area contributed by atoms with Gasteiger partial charge in [0.25, 0.3) is 11.5 Å². The molecule has 3 N–H and O–H groups in total. The fraction of sp³-hybridized carbons (Fsp3) is 0.619. The van der Waals surface area contributed by atoms with Crippen LogP contribution in [0.4, 0.5) is 0 Å². The first-order chi connectivity index (χ1) is 13.7. The summed E-state index contributed by atoms with van der Waals surface area (Å²) in [4.78, 5) is 47.5. The van der Waals surface area contributed by atoms with Gasteiger partial charge in [-0.2, -0.15) is 0 Å². The largest absolute Gasteiger partial charge is 0.338 e. The standard InChI is InChI=1S/C21H29N5O3/c1-4-8-26-17-16(18(27)24-20(26)29)13(10-14(23-17)12-5-6-12)19(28)25-9-7-15(22)21(2,3)11-25/h10,12,15H,4-9,11,22H2,1-3H3,(H,24,27,29). The molecule has 0 spiro atoms. The van der Waals surface area contributed by atoms with E-state index in [1.165, 1.54) is 4.57 Å². The van der Waals surface area contributed by atoms with Crippen molar-refractivity contribution < 1.29 is 4.79 Å². The molecule has 1 aliphatic heterocycles. The first-order valence-electron chi connectivity index (χ1n) is 10.5. The van der Waals surface area contributed by atoms with E-state index < -0.39 is 11.2 Å². The quantitative estimate of drug-likeness (QED) is 0.810. The molecule has 1 saturated carbocycles. The van der Waals surface area contributed by atoms with Crippen molar-refractivity contribution in [3.63, 3.8) is 0 Å². The maximum absolute atomic E-state index is 13.5. The summed E-state index contributed by atoms with van der Waals surface area (Å²) in [5, 5.41) is 0.208. The van der Waals surface area contributed by atoms with E-state index in [4.69, 9.17) is 5.73 Å². The average Bonchev–Trinajstić information content (AvgIpc) is 3.51. The summed E-state index contributed by atoms with van der Waals surface area (Å²) in [5.41, 5.74) is 6.45. The first kappa shape index (κ1) is 19.8. The number of hydrogen-bond donors (Lipinski definition) is 2. The van der Waals surface area contributed by atoms with Crippen molar-refractivity contribution in [3.8, 4) is 0 Å². The summed E-state index contributed by atoms with van der Waals surface area (Å²) in [6.45, 7) is 7.60. The SMILES string of the molecule is CCCn1c(=O)[nH]c(=O)c2c(C(=O)N3CCC(N)C(C)(C)C3)cc(C3CC3)nc21. The molecule has 1 aliphatic carbocycles. The Bertz CT molecular complexity index is 1080. The molecule has 29 heavy (non-hydrogen) atoms. The molecule has 0 aromatic carbocycles. The van der Waals surface area contributed by atoms with Crippen molar-refractivity contribution >= 4 is 16.9 Å². The number of rotatable bonds is 4. The van der Waals surface area contributed by atoms with E-state index in [1.807, 2.05) is 6.92 Å². The van der Waals surface area contributed by atoms with Crippen molar-refractivity contribution in [2.24, 2.45) is 11.1 Å². The van der Waals surface area contributed by atoms with E-state index in [2.05, 4.69) is 23.8 Å². The van der Waals surface area contributed by atoms with Gasteiger partial charge < -0.3 is 10.6 Å². The number of pyridine rings is 1. The number of hydrogen-bond acceptors (Lipinski definition) is 5. The Labute approximate surface area is 169 Å². The predicted octanol–water partition coefficient (Wildman–Crippen LogP) is 1.57. The second-order valence-corrected chi connectivity index (χ2v) is 9.09. The minimum atomic E-state index is -0.552. The zero-order valence-corrected chi connectivity index (χ0v) is 17.3. The van der Waals surface area contributed by atoms with Gasteiger partial charge in [-0.15, -0.1) is 0 Å². The number of nitrogens with two attached hydrogens (primary N) is 1. The third-order valence-electron chi connectivity index (χ3n) is 6.24. The van der Waals surface area contributed by atoms with Gasteiger partial charge >= 0.3 is 5.69 Å². The van der Waals surface area contributed by atoms with E-state index in [9.17, 15) is 14.4 Å². The number of aromatic nitrogens is 3. The van der Waals surface area contributed by atoms with E-state index >= 15 is 0 Å². The van der Waals surface area contributed by atoms with E-state index in [1.54, 1.807) is 11.0 Å². The van der Waals surface area contributed by atoms with Gasteiger partial charge in [0, 0.05) is 37.3 Å². The molecular weight excluding hydrogens is 370 g/mol. The van der Waals surface area contributed by atoms with Gasteiger partial charge in [-0.3, -0.25) is 19.1 Å². The molecule has 1 atom stereocenters. The second-order valence-electron chi connectivity index (χ2n) is 9.09. The topological polar surface area (TPSA) is 114 Å². The maximum Gasteiger partial charge on any atom is 0.329 e. The Balaban J connectivity index is 1.89. The van der Waals surface area contributed by atoms with Crippen LogP contribution in [0.15, 0.2) is 15.7 Å². The van der Waals surface area contributed by atoms with Crippen LogP contribution < -0.4 is 17.0 Å². The molecule has 156 valence electrons. The number of amides is 1. The highest BCUT2D eigenvalue weighted by molar-refractivity contribution is 6.05. The molecule has 3 heterocycles. The van der Waals surface area contributed by atoms with E-state index in [0.29, 0.717) is 43.2 Å². The van der Waals surface area contributed by atoms with Crippen molar-refractivity contribution in [2.45, 2.75) is 65.0 Å². The molecule has 4 rings (SSSR count). The fourth-order valence-corrected chi connectivity index (χ4v) is 4.20. The average molecular weight is 399 g/mol. The van der Waals surface area contributed by atoms with Crippen LogP contribution in [0.1, 0.15) is 68.4 Å². The Morgan fingerprint density at radius 3 is 2.66 bits per heavy atom. The number of nitrogens with zero attached hydrogens (tertiary/aromatic N) is 3. The lowest BCUT2D eigenvalue weighted by atomic mass is 9.79. The summed E-state index contributed by atoms with van der Waals surface area (Å²) in [5.74, 6) is 0.105. The molecule has 1 amide bonds. The summed E-state index contributed by atoms with van der Waals surface area (Å²) >= 11 is 0. The fourth-order valence-electron chi connectivity index (χ4n) is 4.20. The van der Waals surface area contributed by atoms with Crippen LogP contribution in [-0.2, 0) is 6.54 Å². The highest BCUT2D eigenvalue weighted by Gasteiger charge is 2.37. The Morgan fingerprint density at radius 2 is 2.03 bits per heavy atom. The number of fused-ring (bicyclic) bond motifs is 1. The highest BCUT2D eigenvalue weighted by Crippen LogP contribution is 2.40. The zero-order valence-electron chi connectivity index (χ0n) is 17.3. The van der Waals surface area contributed by atoms with Crippen LogP contribution in [0.5, 0.6) is 0 Å². The zero-order chi connectivity index (χ0) is 20.9. The summed E-state index contributed by atoms with van der Waals surface area (Å²) < 4.78 is 1.48. The molecule has 2 fully saturated rings. The molecule has 8 nitrogen and oxygen atoms in total. The van der Waals surface area contributed by atoms with Crippen LogP contribution >= 0.6 is 0 Å². The third kappa shape index (κ3) is 3.50. The summed E-state index contributed by atoms with van der Waals surface area (Å²) in [6, 6.07) is 1.79. The normalized spacial score (nSPS) is 21.5. The minimum absolute atomic E-state index is 0.0286. The maximum atomic E-state index is 13.5. The lowest BCUT2D eigenvalue weighted by molar-refractivity contribution is 0.0534. The summed E-state index contributed by atoms with van der Waals surface area (Å²) in [7, 11) is 0. The van der Waals surface area contributed by atoms with E-state index in [0.717, 1.165) is 25.0 Å². The Kier molecular flexibility index (Phi) is 4.85. The van der Waals surface area contributed by atoms with Gasteiger partial charge in [0.1, 0.15) is 0 Å². The van der Waals surface area contributed by atoms with Crippen molar-refractivity contribution in [3.05, 3.63) is 38.2 Å². The molecule has 2 aromatic rings. The van der Waals surface area contributed by atoms with Crippen LogP contribution in [0.3, 0.4) is 0 Å². The molecule has 1 unspecified atom stereocenters.